The highest BCUT2D eigenvalue weighted by molar-refractivity contribution is 7.13. The first-order chi connectivity index (χ1) is 17.2. The van der Waals surface area contributed by atoms with Crippen molar-refractivity contribution < 1.29 is 4.74 Å². The fourth-order valence-corrected chi connectivity index (χ4v) is 7.15. The van der Waals surface area contributed by atoms with E-state index in [0.717, 1.165) is 28.7 Å². The monoisotopic (exact) mass is 485 g/mol. The number of ether oxygens (including phenoxy) is 1. The smallest absolute Gasteiger partial charge is 0.124 e. The average molecular weight is 486 g/mol. The van der Waals surface area contributed by atoms with Crippen LogP contribution in [0.3, 0.4) is 0 Å². The number of unbranched alkanes of at least 4 members (excludes halogenated alkanes) is 1. The number of thiazole rings is 1. The van der Waals surface area contributed by atoms with Crippen molar-refractivity contribution in [1.82, 2.24) is 4.98 Å². The van der Waals surface area contributed by atoms with Gasteiger partial charge in [0.2, 0.25) is 0 Å². The summed E-state index contributed by atoms with van der Waals surface area (Å²) in [6, 6.07) is 8.29. The molecular formula is C32H39NOS. The number of benzene rings is 1. The van der Waals surface area contributed by atoms with Gasteiger partial charge in [0.1, 0.15) is 10.8 Å². The van der Waals surface area contributed by atoms with Crippen LogP contribution >= 0.6 is 11.3 Å². The summed E-state index contributed by atoms with van der Waals surface area (Å²) in [5, 5.41) is 3.37. The summed E-state index contributed by atoms with van der Waals surface area (Å²) in [6.07, 6.45) is 21.3. The molecule has 2 nitrogen and oxygen atoms in total. The highest BCUT2D eigenvalue weighted by Crippen LogP contribution is 2.51. The van der Waals surface area contributed by atoms with Gasteiger partial charge in [-0.1, -0.05) is 75.0 Å². The van der Waals surface area contributed by atoms with Gasteiger partial charge in [0.25, 0.3) is 0 Å². The lowest BCUT2D eigenvalue weighted by atomic mass is 9.73. The number of allylic oxidation sites excluding steroid dienone is 8. The molecule has 0 amide bonds. The van der Waals surface area contributed by atoms with Crippen LogP contribution < -0.4 is 4.74 Å². The molecule has 1 heterocycles. The van der Waals surface area contributed by atoms with Crippen molar-refractivity contribution in [1.29, 1.82) is 0 Å². The van der Waals surface area contributed by atoms with Crippen LogP contribution in [0.2, 0.25) is 0 Å². The number of nitrogens with zero attached hydrogens (tertiary/aromatic N) is 1. The minimum atomic E-state index is 0.392. The molecule has 0 N–H and O–H groups in total. The minimum Gasteiger partial charge on any atom is -0.497 e. The summed E-state index contributed by atoms with van der Waals surface area (Å²) in [5.41, 5.74) is 8.66. The predicted molar refractivity (Wildman–Crippen MR) is 150 cm³/mol. The third-order valence-electron chi connectivity index (χ3n) is 8.28. The lowest BCUT2D eigenvalue weighted by Crippen LogP contribution is -2.20. The Labute approximate surface area is 215 Å². The predicted octanol–water partition coefficient (Wildman–Crippen LogP) is 9.42. The molecule has 0 fully saturated rings. The second kappa shape index (κ2) is 11.1. The lowest BCUT2D eigenvalue weighted by Gasteiger charge is -2.31. The van der Waals surface area contributed by atoms with Gasteiger partial charge in [-0.15, -0.1) is 11.3 Å². The SMILES string of the molecule is CCCCC1CCCCCC2=C(C(C3=CC=CC3)C(c3csc(-c4ccc(OC)cc4)n3)=C2)C1C. The number of methoxy groups -OCH3 is 1. The summed E-state index contributed by atoms with van der Waals surface area (Å²) in [7, 11) is 1.71. The average Bonchev–Trinajstić information content (AvgIpc) is 3.64. The molecule has 0 aliphatic heterocycles. The summed E-state index contributed by atoms with van der Waals surface area (Å²) in [5.74, 6) is 2.71. The maximum absolute atomic E-state index is 5.35. The van der Waals surface area contributed by atoms with Crippen LogP contribution in [0.15, 0.2) is 70.7 Å². The maximum atomic E-state index is 5.35. The molecule has 2 aromatic rings. The third-order valence-corrected chi connectivity index (χ3v) is 9.17. The Balaban J connectivity index is 1.50. The molecule has 184 valence electrons. The van der Waals surface area contributed by atoms with Crippen molar-refractivity contribution in [2.45, 2.75) is 71.6 Å². The van der Waals surface area contributed by atoms with E-state index in [9.17, 15) is 0 Å². The fourth-order valence-electron chi connectivity index (χ4n) is 6.31. The van der Waals surface area contributed by atoms with E-state index < -0.39 is 0 Å². The molecule has 1 aromatic heterocycles. The molecule has 3 unspecified atom stereocenters. The van der Waals surface area contributed by atoms with Crippen LogP contribution in [0, 0.1) is 17.8 Å². The van der Waals surface area contributed by atoms with Crippen molar-refractivity contribution in [2.75, 3.05) is 7.11 Å². The molecule has 3 aliphatic carbocycles. The van der Waals surface area contributed by atoms with E-state index in [-0.39, 0.29) is 0 Å². The highest BCUT2D eigenvalue weighted by atomic mass is 32.1. The summed E-state index contributed by atoms with van der Waals surface area (Å²) < 4.78 is 5.35. The van der Waals surface area contributed by atoms with E-state index in [2.05, 4.69) is 55.7 Å². The van der Waals surface area contributed by atoms with Crippen LogP contribution in [-0.4, -0.2) is 12.1 Å². The van der Waals surface area contributed by atoms with Crippen LogP contribution in [0.25, 0.3) is 16.1 Å². The molecule has 3 atom stereocenters. The quantitative estimate of drug-likeness (QED) is 0.389. The van der Waals surface area contributed by atoms with Crippen LogP contribution in [0.4, 0.5) is 0 Å². The van der Waals surface area contributed by atoms with Gasteiger partial charge in [0.05, 0.1) is 12.8 Å². The van der Waals surface area contributed by atoms with Gasteiger partial charge in [-0.25, -0.2) is 4.98 Å². The van der Waals surface area contributed by atoms with E-state index >= 15 is 0 Å². The van der Waals surface area contributed by atoms with Gasteiger partial charge >= 0.3 is 0 Å². The molecule has 35 heavy (non-hydrogen) atoms. The molecule has 0 bridgehead atoms. The number of hydrogen-bond acceptors (Lipinski definition) is 3. The summed E-state index contributed by atoms with van der Waals surface area (Å²) in [4.78, 5) is 5.19. The van der Waals surface area contributed by atoms with Crippen LogP contribution in [0.5, 0.6) is 5.75 Å². The van der Waals surface area contributed by atoms with Crippen LogP contribution in [0.1, 0.15) is 77.3 Å². The van der Waals surface area contributed by atoms with E-state index in [0.29, 0.717) is 11.8 Å². The van der Waals surface area contributed by atoms with Gasteiger partial charge in [-0.05, 0) is 79.4 Å². The van der Waals surface area contributed by atoms with Gasteiger partial charge in [-0.3, -0.25) is 0 Å². The number of hydrogen-bond donors (Lipinski definition) is 0. The molecule has 3 heteroatoms. The highest BCUT2D eigenvalue weighted by Gasteiger charge is 2.37. The first-order valence-electron chi connectivity index (χ1n) is 13.6. The second-order valence-electron chi connectivity index (χ2n) is 10.4. The number of aromatic nitrogens is 1. The van der Waals surface area contributed by atoms with E-state index in [1.165, 1.54) is 62.6 Å². The van der Waals surface area contributed by atoms with Gasteiger partial charge < -0.3 is 4.74 Å². The first-order valence-corrected chi connectivity index (χ1v) is 14.5. The van der Waals surface area contributed by atoms with Crippen molar-refractivity contribution in [3.8, 4) is 16.3 Å². The Hall–Kier alpha value is -2.39. The Kier molecular flexibility index (Phi) is 7.72. The topological polar surface area (TPSA) is 22.1 Å². The molecule has 5 rings (SSSR count). The van der Waals surface area contributed by atoms with E-state index in [4.69, 9.17) is 9.72 Å². The first kappa shape index (κ1) is 24.3. The molecule has 1 aromatic carbocycles. The van der Waals surface area contributed by atoms with Crippen LogP contribution in [-0.2, 0) is 0 Å². The zero-order chi connectivity index (χ0) is 24.2. The van der Waals surface area contributed by atoms with Gasteiger partial charge in [0.15, 0.2) is 0 Å². The summed E-state index contributed by atoms with van der Waals surface area (Å²) >= 11 is 1.76. The normalized spacial score (nSPS) is 24.5. The second-order valence-corrected chi connectivity index (χ2v) is 11.3. The van der Waals surface area contributed by atoms with E-state index in [1.54, 1.807) is 35.2 Å². The van der Waals surface area contributed by atoms with Gasteiger partial charge in [0, 0.05) is 16.9 Å². The van der Waals surface area contributed by atoms with Gasteiger partial charge in [-0.2, -0.15) is 0 Å². The Morgan fingerprint density at radius 2 is 1.97 bits per heavy atom. The Morgan fingerprint density at radius 3 is 2.71 bits per heavy atom. The van der Waals surface area contributed by atoms with E-state index in [1.807, 2.05) is 12.1 Å². The third kappa shape index (κ3) is 5.11. The standard InChI is InChI=1S/C32H39NOS/c1-4-5-11-23-12-7-6-8-15-26-20-28(31(30(26)22(23)2)24-13-9-10-14-24)29-21-35-32(33-29)25-16-18-27(34-3)19-17-25/h9-10,13,16-23,31H,4-8,11-12,14-15H2,1-3H3. The molecule has 0 saturated heterocycles. The number of rotatable bonds is 7. The summed E-state index contributed by atoms with van der Waals surface area (Å²) in [6.45, 7) is 4.87. The zero-order valence-electron chi connectivity index (χ0n) is 21.6. The maximum Gasteiger partial charge on any atom is 0.124 e. The fraction of sp³-hybridized carbons (Fsp3) is 0.469. The molecular weight excluding hydrogens is 446 g/mol. The van der Waals surface area contributed by atoms with Crippen molar-refractivity contribution >= 4 is 16.9 Å². The Morgan fingerprint density at radius 1 is 1.11 bits per heavy atom. The largest absolute Gasteiger partial charge is 0.497 e. The van der Waals surface area contributed by atoms with Crippen molar-refractivity contribution in [2.24, 2.45) is 17.8 Å². The zero-order valence-corrected chi connectivity index (χ0v) is 22.4. The van der Waals surface area contributed by atoms with Crippen molar-refractivity contribution in [3.05, 3.63) is 76.4 Å². The minimum absolute atomic E-state index is 0.392. The molecule has 3 aliphatic rings. The molecule has 0 radical (unpaired) electrons. The van der Waals surface area contributed by atoms with Crippen molar-refractivity contribution in [3.63, 3.8) is 0 Å². The molecule has 0 saturated carbocycles. The molecule has 0 spiro atoms. The Bertz CT molecular complexity index is 1150. The lowest BCUT2D eigenvalue weighted by molar-refractivity contribution is 0.326.